The zero-order valence-corrected chi connectivity index (χ0v) is 26.5. The van der Waals surface area contributed by atoms with Crippen LogP contribution in [-0.2, 0) is 19.9 Å². The topological polar surface area (TPSA) is 79.3 Å². The molecule has 2 aliphatic heterocycles. The van der Waals surface area contributed by atoms with Gasteiger partial charge in [-0.2, -0.15) is 0 Å². The Kier molecular flexibility index (Phi) is 7.92. The van der Waals surface area contributed by atoms with Crippen molar-refractivity contribution in [3.63, 3.8) is 0 Å². The summed E-state index contributed by atoms with van der Waals surface area (Å²) in [5, 5.41) is 11.4. The fourth-order valence-corrected chi connectivity index (χ4v) is 11.5. The van der Waals surface area contributed by atoms with E-state index in [0.29, 0.717) is 12.1 Å². The molecule has 7 nitrogen and oxygen atoms in total. The molecule has 0 saturated carbocycles. The number of anilines is 4. The van der Waals surface area contributed by atoms with Crippen LogP contribution in [0.3, 0.4) is 0 Å². The molecule has 4 aromatic rings. The van der Waals surface area contributed by atoms with Gasteiger partial charge in [-0.1, -0.05) is 73.7 Å². The molecule has 0 radical (unpaired) electrons. The van der Waals surface area contributed by atoms with Crippen molar-refractivity contribution in [2.75, 3.05) is 23.5 Å². The molecule has 1 spiro atoms. The number of amides is 2. The van der Waals surface area contributed by atoms with Gasteiger partial charge < -0.3 is 14.6 Å². The lowest BCUT2D eigenvalue weighted by Gasteiger charge is -2.37. The first-order chi connectivity index (χ1) is 21.3. The molecule has 2 amide bonds. The van der Waals surface area contributed by atoms with Crippen LogP contribution in [0, 0.1) is 5.92 Å². The average Bonchev–Trinajstić information content (AvgIpc) is 3.48. The second-order valence-electron chi connectivity index (χ2n) is 12.2. The fourth-order valence-electron chi connectivity index (χ4n) is 7.47. The van der Waals surface area contributed by atoms with E-state index in [1.54, 1.807) is 16.9 Å². The van der Waals surface area contributed by atoms with Crippen LogP contribution in [-0.4, -0.2) is 45.3 Å². The molecule has 8 heteroatoms. The summed E-state index contributed by atoms with van der Waals surface area (Å²) in [6.45, 7) is 6.71. The fraction of sp³-hybridized carbons (Fsp3) is 0.278. The van der Waals surface area contributed by atoms with E-state index < -0.39 is 13.7 Å². The molecule has 6 rings (SSSR count). The Bertz CT molecular complexity index is 1650. The summed E-state index contributed by atoms with van der Waals surface area (Å²) in [5.41, 5.74) is 2.32. The van der Waals surface area contributed by atoms with Gasteiger partial charge in [0.25, 0.3) is 5.91 Å². The number of carbonyl (C=O) groups is 2. The third-order valence-corrected chi connectivity index (χ3v) is 13.9. The number of methoxy groups -OCH3 is 1. The van der Waals surface area contributed by atoms with Crippen molar-refractivity contribution in [3.05, 3.63) is 109 Å². The Morgan fingerprint density at radius 3 is 2.23 bits per heavy atom. The number of fused-ring (bicyclic) bond motifs is 2. The Morgan fingerprint density at radius 2 is 1.61 bits per heavy atom. The monoisotopic (exact) mass is 606 g/mol. The van der Waals surface area contributed by atoms with Gasteiger partial charge in [0.2, 0.25) is 6.41 Å². The van der Waals surface area contributed by atoms with E-state index in [1.807, 2.05) is 91.0 Å². The van der Waals surface area contributed by atoms with Gasteiger partial charge in [-0.05, 0) is 66.6 Å². The molecule has 1 saturated heterocycles. The highest BCUT2D eigenvalue weighted by molar-refractivity contribution is 6.91. The third kappa shape index (κ3) is 4.65. The number of aliphatic hydroxyl groups excluding tert-OH is 1. The summed E-state index contributed by atoms with van der Waals surface area (Å²) < 4.78 is 12.5. The molecule has 0 aliphatic carbocycles. The van der Waals surface area contributed by atoms with Crippen LogP contribution in [0.4, 0.5) is 22.7 Å². The Labute approximate surface area is 259 Å². The zero-order valence-electron chi connectivity index (χ0n) is 25.5. The van der Waals surface area contributed by atoms with Crippen LogP contribution >= 0.6 is 0 Å². The normalized spacial score (nSPS) is 22.7. The minimum Gasteiger partial charge on any atom is -0.497 e. The summed E-state index contributed by atoms with van der Waals surface area (Å²) in [7, 11) is -0.657. The maximum atomic E-state index is 14.9. The van der Waals surface area contributed by atoms with Gasteiger partial charge in [-0.15, -0.1) is 0 Å². The van der Waals surface area contributed by atoms with Crippen LogP contribution < -0.4 is 19.7 Å². The smallest absolute Gasteiger partial charge is 0.268 e. The number of carbonyl (C=O) groups excluding carboxylic acids is 2. The highest BCUT2D eigenvalue weighted by atomic mass is 28.3. The molecule has 4 atom stereocenters. The summed E-state index contributed by atoms with van der Waals surface area (Å²) >= 11 is 0. The van der Waals surface area contributed by atoms with Crippen molar-refractivity contribution >= 4 is 48.3 Å². The summed E-state index contributed by atoms with van der Waals surface area (Å²) in [4.78, 5) is 30.7. The van der Waals surface area contributed by atoms with Crippen LogP contribution in [0.2, 0.25) is 18.6 Å². The van der Waals surface area contributed by atoms with Crippen LogP contribution in [0.5, 0.6) is 5.75 Å². The number of ether oxygens (including phenoxy) is 2. The van der Waals surface area contributed by atoms with Gasteiger partial charge in [-0.3, -0.25) is 19.4 Å². The Hall–Kier alpha value is -4.24. The molecular weight excluding hydrogens is 568 g/mol. The van der Waals surface area contributed by atoms with E-state index in [4.69, 9.17) is 9.47 Å². The molecule has 0 bridgehead atoms. The largest absolute Gasteiger partial charge is 0.497 e. The van der Waals surface area contributed by atoms with Crippen LogP contribution in [0.15, 0.2) is 103 Å². The SMILES string of the molecule is COc1ccc([Si](C)(C)[C@H]2[C@H](CCO)O[C@@]3(C(=O)N(c4ccccc4)c4ccc(N(C=O)c5ccccc5)cc43)[C@@H]2C)cc1. The summed E-state index contributed by atoms with van der Waals surface area (Å²) in [6, 6.07) is 33.0. The van der Waals surface area contributed by atoms with Crippen molar-refractivity contribution in [1.29, 1.82) is 0 Å². The first-order valence-electron chi connectivity index (χ1n) is 15.0. The van der Waals surface area contributed by atoms with E-state index >= 15 is 0 Å². The van der Waals surface area contributed by atoms with Gasteiger partial charge >= 0.3 is 0 Å². The highest BCUT2D eigenvalue weighted by Crippen LogP contribution is 2.61. The van der Waals surface area contributed by atoms with Gasteiger partial charge in [0, 0.05) is 35.2 Å². The first-order valence-corrected chi connectivity index (χ1v) is 18.1. The summed E-state index contributed by atoms with van der Waals surface area (Å²) in [6.07, 6.45) is 0.874. The van der Waals surface area contributed by atoms with Gasteiger partial charge in [0.05, 0.1) is 27.0 Å². The maximum absolute atomic E-state index is 14.9. The number of hydrogen-bond donors (Lipinski definition) is 1. The minimum atomic E-state index is -2.32. The molecule has 44 heavy (non-hydrogen) atoms. The van der Waals surface area contributed by atoms with Crippen molar-refractivity contribution in [3.8, 4) is 5.75 Å². The van der Waals surface area contributed by atoms with E-state index in [9.17, 15) is 14.7 Å². The van der Waals surface area contributed by atoms with E-state index in [0.717, 1.165) is 34.8 Å². The molecule has 1 fully saturated rings. The zero-order chi connectivity index (χ0) is 31.1. The number of aliphatic hydroxyl groups is 1. The molecule has 2 heterocycles. The third-order valence-electron chi connectivity index (χ3n) is 9.57. The lowest BCUT2D eigenvalue weighted by molar-refractivity contribution is -0.145. The minimum absolute atomic E-state index is 0.00974. The van der Waals surface area contributed by atoms with Crippen LogP contribution in [0.25, 0.3) is 0 Å². The molecular formula is C36H38N2O5Si. The first kappa shape index (κ1) is 29.8. The number of para-hydroxylation sites is 2. The second-order valence-corrected chi connectivity index (χ2v) is 16.8. The molecule has 0 unspecified atom stereocenters. The predicted molar refractivity (Wildman–Crippen MR) is 176 cm³/mol. The number of nitrogens with zero attached hydrogens (tertiary/aromatic N) is 2. The standard InChI is InChI=1S/C36H38N2O5Si/c1-25-34(44(3,4)30-18-16-29(42-2)17-19-30)33(21-22-39)43-36(25)31-23-28(37(24-40)26-11-7-5-8-12-26)15-20-32(31)38(35(36)41)27-13-9-6-10-14-27/h5-20,23-25,33-34,39H,21-22H2,1-4H3/t25-,33+,34-,36+/m1/s1. The number of rotatable bonds is 9. The van der Waals surface area contributed by atoms with E-state index in [-0.39, 0.29) is 30.1 Å². The Morgan fingerprint density at radius 1 is 0.955 bits per heavy atom. The maximum Gasteiger partial charge on any atom is 0.268 e. The Balaban J connectivity index is 1.53. The van der Waals surface area contributed by atoms with Crippen LogP contribution in [0.1, 0.15) is 18.9 Å². The van der Waals surface area contributed by atoms with E-state index in [2.05, 4.69) is 32.2 Å². The average molecular weight is 607 g/mol. The lowest BCUT2D eigenvalue weighted by Crippen LogP contribution is -2.51. The van der Waals surface area contributed by atoms with Gasteiger partial charge in [-0.25, -0.2) is 0 Å². The van der Waals surface area contributed by atoms with Crippen molar-refractivity contribution in [2.24, 2.45) is 5.92 Å². The van der Waals surface area contributed by atoms with Crippen molar-refractivity contribution < 1.29 is 24.2 Å². The van der Waals surface area contributed by atoms with Crippen molar-refractivity contribution in [1.82, 2.24) is 0 Å². The highest BCUT2D eigenvalue weighted by Gasteiger charge is 2.66. The summed E-state index contributed by atoms with van der Waals surface area (Å²) in [5.74, 6) is 0.423. The molecule has 1 N–H and O–H groups in total. The quantitative estimate of drug-likeness (QED) is 0.180. The lowest BCUT2D eigenvalue weighted by atomic mass is 9.82. The van der Waals surface area contributed by atoms with E-state index in [1.165, 1.54) is 5.19 Å². The van der Waals surface area contributed by atoms with Gasteiger partial charge in [0.15, 0.2) is 5.60 Å². The number of benzene rings is 4. The molecule has 226 valence electrons. The molecule has 0 aromatic heterocycles. The second kappa shape index (κ2) is 11.7. The molecule has 4 aromatic carbocycles. The molecule has 2 aliphatic rings. The number of hydrogen-bond acceptors (Lipinski definition) is 5. The van der Waals surface area contributed by atoms with Crippen molar-refractivity contribution in [2.45, 2.75) is 43.7 Å². The predicted octanol–water partition coefficient (Wildman–Crippen LogP) is 6.27. The van der Waals surface area contributed by atoms with Gasteiger partial charge in [0.1, 0.15) is 5.75 Å².